The maximum absolute atomic E-state index is 11.0. The van der Waals surface area contributed by atoms with Crippen LogP contribution in [-0.4, -0.2) is 21.0 Å². The van der Waals surface area contributed by atoms with Crippen molar-refractivity contribution in [3.63, 3.8) is 0 Å². The minimum absolute atomic E-state index is 0.138. The van der Waals surface area contributed by atoms with Crippen LogP contribution in [-0.2, 0) is 0 Å². The number of hydrogen-bond acceptors (Lipinski definition) is 4. The summed E-state index contributed by atoms with van der Waals surface area (Å²) in [5, 5.41) is 12.1. The van der Waals surface area contributed by atoms with Crippen LogP contribution in [0.5, 0.6) is 0 Å². The molecule has 0 saturated carbocycles. The molecule has 0 aliphatic heterocycles. The molecule has 0 radical (unpaired) electrons. The number of nitrogens with one attached hydrogen (secondary N) is 1. The van der Waals surface area contributed by atoms with E-state index in [1.165, 1.54) is 6.20 Å². The highest BCUT2D eigenvalue weighted by molar-refractivity contribution is 5.94. The molecule has 0 unspecified atom stereocenters. The standard InChI is InChI=1S/C12H11N3O2/c1-8-5-11(10(7-14-8)12(16)17)15-9-3-2-4-13-6-9/h2-7H,1H3,(H,14,15)(H,16,17). The van der Waals surface area contributed by atoms with Crippen LogP contribution in [0.15, 0.2) is 36.8 Å². The second-order valence-electron chi connectivity index (χ2n) is 3.54. The molecule has 2 heterocycles. The molecule has 0 atom stereocenters. The predicted molar refractivity (Wildman–Crippen MR) is 63.5 cm³/mol. The first-order valence-electron chi connectivity index (χ1n) is 5.04. The van der Waals surface area contributed by atoms with Crippen molar-refractivity contribution in [3.8, 4) is 0 Å². The molecule has 2 aromatic rings. The summed E-state index contributed by atoms with van der Waals surface area (Å²) in [5.41, 5.74) is 2.14. The minimum Gasteiger partial charge on any atom is -0.478 e. The summed E-state index contributed by atoms with van der Waals surface area (Å²) in [6.45, 7) is 1.81. The summed E-state index contributed by atoms with van der Waals surface area (Å²) in [6.07, 6.45) is 4.62. The van der Waals surface area contributed by atoms with E-state index in [0.29, 0.717) is 5.69 Å². The van der Waals surface area contributed by atoms with Gasteiger partial charge in [-0.1, -0.05) is 0 Å². The molecule has 0 aromatic carbocycles. The quantitative estimate of drug-likeness (QED) is 0.844. The molecule has 0 amide bonds. The Morgan fingerprint density at radius 3 is 2.88 bits per heavy atom. The number of aromatic carboxylic acids is 1. The normalized spacial score (nSPS) is 9.94. The third kappa shape index (κ3) is 2.57. The highest BCUT2D eigenvalue weighted by atomic mass is 16.4. The van der Waals surface area contributed by atoms with Crippen LogP contribution >= 0.6 is 0 Å². The first-order valence-corrected chi connectivity index (χ1v) is 5.04. The Balaban J connectivity index is 2.37. The number of carboxylic acids is 1. The van der Waals surface area contributed by atoms with Crippen molar-refractivity contribution in [3.05, 3.63) is 48.0 Å². The SMILES string of the molecule is Cc1cc(Nc2cccnc2)c(C(=O)O)cn1. The van der Waals surface area contributed by atoms with Gasteiger partial charge in [0.1, 0.15) is 5.56 Å². The fraction of sp³-hybridized carbons (Fsp3) is 0.0833. The van der Waals surface area contributed by atoms with Crippen LogP contribution in [0.2, 0.25) is 0 Å². The van der Waals surface area contributed by atoms with Gasteiger partial charge in [0.2, 0.25) is 0 Å². The molecule has 0 saturated heterocycles. The number of rotatable bonds is 3. The van der Waals surface area contributed by atoms with Gasteiger partial charge < -0.3 is 10.4 Å². The van der Waals surface area contributed by atoms with Crippen LogP contribution < -0.4 is 5.32 Å². The maximum atomic E-state index is 11.0. The van der Waals surface area contributed by atoms with Gasteiger partial charge in [-0.05, 0) is 25.1 Å². The summed E-state index contributed by atoms with van der Waals surface area (Å²) in [6, 6.07) is 5.28. The molecule has 2 rings (SSSR count). The van der Waals surface area contributed by atoms with Crippen LogP contribution in [0.25, 0.3) is 0 Å². The van der Waals surface area contributed by atoms with E-state index in [9.17, 15) is 4.79 Å². The molecule has 2 N–H and O–H groups in total. The minimum atomic E-state index is -1.01. The van der Waals surface area contributed by atoms with Crippen molar-refractivity contribution in [2.75, 3.05) is 5.32 Å². The van der Waals surface area contributed by atoms with Crippen LogP contribution in [0, 0.1) is 6.92 Å². The summed E-state index contributed by atoms with van der Waals surface area (Å²) in [5.74, 6) is -1.01. The van der Waals surface area contributed by atoms with E-state index < -0.39 is 5.97 Å². The van der Waals surface area contributed by atoms with Crippen molar-refractivity contribution in [1.82, 2.24) is 9.97 Å². The molecule has 0 spiro atoms. The Morgan fingerprint density at radius 1 is 1.41 bits per heavy atom. The molecule has 2 aromatic heterocycles. The second-order valence-corrected chi connectivity index (χ2v) is 3.54. The number of aromatic nitrogens is 2. The lowest BCUT2D eigenvalue weighted by Gasteiger charge is -2.09. The molecule has 17 heavy (non-hydrogen) atoms. The average molecular weight is 229 g/mol. The largest absolute Gasteiger partial charge is 0.478 e. The van der Waals surface area contributed by atoms with Crippen molar-refractivity contribution < 1.29 is 9.90 Å². The maximum Gasteiger partial charge on any atom is 0.339 e. The van der Waals surface area contributed by atoms with Gasteiger partial charge in [-0.3, -0.25) is 9.97 Å². The molecule has 0 bridgehead atoms. The van der Waals surface area contributed by atoms with Crippen molar-refractivity contribution in [2.24, 2.45) is 0 Å². The summed E-state index contributed by atoms with van der Waals surface area (Å²) in [7, 11) is 0. The Hall–Kier alpha value is -2.43. The van der Waals surface area contributed by atoms with Gasteiger partial charge in [0, 0.05) is 18.1 Å². The summed E-state index contributed by atoms with van der Waals surface area (Å²) in [4.78, 5) is 18.9. The van der Waals surface area contributed by atoms with Crippen LogP contribution in [0.3, 0.4) is 0 Å². The highest BCUT2D eigenvalue weighted by Crippen LogP contribution is 2.20. The Labute approximate surface area is 98.2 Å². The fourth-order valence-electron chi connectivity index (χ4n) is 1.43. The number of hydrogen-bond donors (Lipinski definition) is 2. The molecular formula is C12H11N3O2. The summed E-state index contributed by atoms with van der Waals surface area (Å²) < 4.78 is 0. The zero-order chi connectivity index (χ0) is 12.3. The number of anilines is 2. The predicted octanol–water partition coefficient (Wildman–Crippen LogP) is 2.23. The average Bonchev–Trinajstić information content (AvgIpc) is 2.30. The van der Waals surface area contributed by atoms with Crippen molar-refractivity contribution in [1.29, 1.82) is 0 Å². The summed E-state index contributed by atoms with van der Waals surface area (Å²) >= 11 is 0. The third-order valence-electron chi connectivity index (χ3n) is 2.21. The number of nitrogens with zero attached hydrogens (tertiary/aromatic N) is 2. The Kier molecular flexibility index (Phi) is 3.00. The van der Waals surface area contributed by atoms with E-state index in [1.807, 2.05) is 6.07 Å². The molecule has 0 aliphatic carbocycles. The lowest BCUT2D eigenvalue weighted by molar-refractivity contribution is 0.0697. The first kappa shape index (κ1) is 11.1. The number of carbonyl (C=O) groups is 1. The van der Waals surface area contributed by atoms with Crippen LogP contribution in [0.4, 0.5) is 11.4 Å². The first-order chi connectivity index (χ1) is 8.16. The molecule has 5 heteroatoms. The van der Waals surface area contributed by atoms with Crippen molar-refractivity contribution >= 4 is 17.3 Å². The lowest BCUT2D eigenvalue weighted by atomic mass is 10.2. The molecule has 86 valence electrons. The topological polar surface area (TPSA) is 75.1 Å². The van der Waals surface area contributed by atoms with Gasteiger partial charge in [-0.2, -0.15) is 0 Å². The molecule has 0 fully saturated rings. The smallest absolute Gasteiger partial charge is 0.339 e. The zero-order valence-electron chi connectivity index (χ0n) is 9.21. The highest BCUT2D eigenvalue weighted by Gasteiger charge is 2.10. The van der Waals surface area contributed by atoms with Gasteiger partial charge in [0.15, 0.2) is 0 Å². The van der Waals surface area contributed by atoms with Gasteiger partial charge in [0.25, 0.3) is 0 Å². The van der Waals surface area contributed by atoms with E-state index in [1.54, 1.807) is 31.5 Å². The fourth-order valence-corrected chi connectivity index (χ4v) is 1.43. The Morgan fingerprint density at radius 2 is 2.24 bits per heavy atom. The van der Waals surface area contributed by atoms with Gasteiger partial charge >= 0.3 is 5.97 Å². The second kappa shape index (κ2) is 4.61. The monoisotopic (exact) mass is 229 g/mol. The van der Waals surface area contributed by atoms with Crippen LogP contribution in [0.1, 0.15) is 16.1 Å². The van der Waals surface area contributed by atoms with E-state index >= 15 is 0 Å². The van der Waals surface area contributed by atoms with Gasteiger partial charge in [-0.25, -0.2) is 4.79 Å². The van der Waals surface area contributed by atoms with Crippen molar-refractivity contribution in [2.45, 2.75) is 6.92 Å². The third-order valence-corrected chi connectivity index (χ3v) is 2.21. The number of pyridine rings is 2. The molecule has 0 aliphatic rings. The molecular weight excluding hydrogens is 218 g/mol. The van der Waals surface area contributed by atoms with Gasteiger partial charge in [0.05, 0.1) is 17.6 Å². The van der Waals surface area contributed by atoms with E-state index in [-0.39, 0.29) is 5.56 Å². The Bertz CT molecular complexity index is 541. The molecule has 5 nitrogen and oxygen atoms in total. The lowest BCUT2D eigenvalue weighted by Crippen LogP contribution is -2.04. The van der Waals surface area contributed by atoms with E-state index in [4.69, 9.17) is 5.11 Å². The number of carboxylic acid groups (broad SMARTS) is 1. The van der Waals surface area contributed by atoms with E-state index in [2.05, 4.69) is 15.3 Å². The zero-order valence-corrected chi connectivity index (χ0v) is 9.21. The number of aryl methyl sites for hydroxylation is 1. The van der Waals surface area contributed by atoms with Gasteiger partial charge in [-0.15, -0.1) is 0 Å². The van der Waals surface area contributed by atoms with E-state index in [0.717, 1.165) is 11.4 Å².